The fourth-order valence-corrected chi connectivity index (χ4v) is 3.84. The molecule has 0 saturated heterocycles. The van der Waals surface area contributed by atoms with Crippen molar-refractivity contribution in [3.05, 3.63) is 24.0 Å². The smallest absolute Gasteiger partial charge is 0.0407 e. The average Bonchev–Trinajstić information content (AvgIpc) is 2.30. The van der Waals surface area contributed by atoms with Gasteiger partial charge in [0.2, 0.25) is 0 Å². The first-order chi connectivity index (χ1) is 7.79. The van der Waals surface area contributed by atoms with E-state index in [0.717, 1.165) is 11.2 Å². The Hall–Kier alpha value is -0.540. The van der Waals surface area contributed by atoms with E-state index in [2.05, 4.69) is 11.9 Å². The van der Waals surface area contributed by atoms with E-state index in [1.165, 1.54) is 36.1 Å². The zero-order chi connectivity index (χ0) is 11.4. The van der Waals surface area contributed by atoms with Gasteiger partial charge in [0.1, 0.15) is 0 Å². The van der Waals surface area contributed by atoms with Gasteiger partial charge in [-0.05, 0) is 30.4 Å². The summed E-state index contributed by atoms with van der Waals surface area (Å²) in [6, 6.07) is 2.04. The Morgan fingerprint density at radius 1 is 1.50 bits per heavy atom. The largest absolute Gasteiger partial charge is 0.326 e. The van der Waals surface area contributed by atoms with E-state index in [-0.39, 0.29) is 0 Å². The van der Waals surface area contributed by atoms with E-state index in [1.54, 1.807) is 0 Å². The topological polar surface area (TPSA) is 38.9 Å². The Bertz CT molecular complexity index is 340. The molecule has 1 aliphatic rings. The number of pyridine rings is 1. The number of nitrogens with two attached hydrogens (primary N) is 1. The van der Waals surface area contributed by atoms with Crippen molar-refractivity contribution >= 4 is 11.8 Å². The van der Waals surface area contributed by atoms with E-state index in [0.29, 0.717) is 6.54 Å². The Balaban J connectivity index is 2.02. The first-order valence-corrected chi connectivity index (χ1v) is 6.97. The minimum absolute atomic E-state index is 0.618. The third-order valence-corrected chi connectivity index (χ3v) is 4.65. The Labute approximate surface area is 102 Å². The van der Waals surface area contributed by atoms with Crippen molar-refractivity contribution in [3.63, 3.8) is 0 Å². The highest BCUT2D eigenvalue weighted by Gasteiger charge is 2.20. The van der Waals surface area contributed by atoms with Gasteiger partial charge < -0.3 is 5.73 Å². The molecule has 0 amide bonds. The first-order valence-electron chi connectivity index (χ1n) is 6.09. The van der Waals surface area contributed by atoms with E-state index in [9.17, 15) is 0 Å². The summed E-state index contributed by atoms with van der Waals surface area (Å²) in [6.45, 7) is 2.98. The van der Waals surface area contributed by atoms with Crippen LogP contribution >= 0.6 is 11.8 Å². The van der Waals surface area contributed by atoms with Crippen molar-refractivity contribution in [2.75, 3.05) is 0 Å². The van der Waals surface area contributed by atoms with Crippen molar-refractivity contribution < 1.29 is 0 Å². The molecule has 0 aliphatic heterocycles. The highest BCUT2D eigenvalue weighted by molar-refractivity contribution is 8.00. The maximum atomic E-state index is 5.74. The van der Waals surface area contributed by atoms with Crippen LogP contribution in [0.3, 0.4) is 0 Å². The van der Waals surface area contributed by atoms with Crippen molar-refractivity contribution in [1.29, 1.82) is 0 Å². The molecule has 1 aromatic heterocycles. The van der Waals surface area contributed by atoms with Crippen LogP contribution in [0.1, 0.15) is 38.2 Å². The molecule has 1 aliphatic carbocycles. The van der Waals surface area contributed by atoms with Crippen LogP contribution in [0.15, 0.2) is 23.4 Å². The number of thioether (sulfide) groups is 1. The predicted molar refractivity (Wildman–Crippen MR) is 69.4 cm³/mol. The van der Waals surface area contributed by atoms with Crippen LogP contribution in [0.4, 0.5) is 0 Å². The molecule has 2 unspecified atom stereocenters. The van der Waals surface area contributed by atoms with Gasteiger partial charge in [0.15, 0.2) is 0 Å². The fraction of sp³-hybridized carbons (Fsp3) is 0.615. The molecule has 88 valence electrons. The monoisotopic (exact) mass is 236 g/mol. The second kappa shape index (κ2) is 5.69. The third kappa shape index (κ3) is 2.98. The lowest BCUT2D eigenvalue weighted by atomic mass is 9.91. The molecule has 1 fully saturated rings. The number of rotatable bonds is 3. The molecule has 16 heavy (non-hydrogen) atoms. The summed E-state index contributed by atoms with van der Waals surface area (Å²) in [5.41, 5.74) is 6.98. The van der Waals surface area contributed by atoms with E-state index < -0.39 is 0 Å². The van der Waals surface area contributed by atoms with Gasteiger partial charge in [-0.2, -0.15) is 0 Å². The van der Waals surface area contributed by atoms with Gasteiger partial charge >= 0.3 is 0 Å². The van der Waals surface area contributed by atoms with Crippen LogP contribution in [0, 0.1) is 5.92 Å². The SMILES string of the molecule is CC1CCCC(Sc2cnccc2CN)C1. The minimum atomic E-state index is 0.618. The number of hydrogen-bond acceptors (Lipinski definition) is 3. The van der Waals surface area contributed by atoms with E-state index in [4.69, 9.17) is 5.73 Å². The third-order valence-electron chi connectivity index (χ3n) is 3.27. The van der Waals surface area contributed by atoms with E-state index >= 15 is 0 Å². The lowest BCUT2D eigenvalue weighted by Crippen LogP contribution is -2.15. The van der Waals surface area contributed by atoms with Crippen LogP contribution in [0.25, 0.3) is 0 Å². The van der Waals surface area contributed by atoms with Crippen molar-refractivity contribution in [1.82, 2.24) is 4.98 Å². The van der Waals surface area contributed by atoms with Gasteiger partial charge in [-0.1, -0.05) is 19.8 Å². The summed E-state index contributed by atoms with van der Waals surface area (Å²) in [7, 11) is 0. The number of hydrogen-bond donors (Lipinski definition) is 1. The minimum Gasteiger partial charge on any atom is -0.326 e. The summed E-state index contributed by atoms with van der Waals surface area (Å²) in [5, 5.41) is 0.762. The number of aromatic nitrogens is 1. The molecule has 0 aromatic carbocycles. The normalized spacial score (nSPS) is 25.6. The van der Waals surface area contributed by atoms with Crippen LogP contribution < -0.4 is 5.73 Å². The molecule has 3 heteroatoms. The average molecular weight is 236 g/mol. The maximum Gasteiger partial charge on any atom is 0.0407 e. The van der Waals surface area contributed by atoms with Gasteiger partial charge in [-0.25, -0.2) is 0 Å². The Kier molecular flexibility index (Phi) is 4.24. The zero-order valence-corrected chi connectivity index (χ0v) is 10.7. The lowest BCUT2D eigenvalue weighted by Gasteiger charge is -2.26. The molecular weight excluding hydrogens is 216 g/mol. The molecule has 1 aromatic rings. The lowest BCUT2D eigenvalue weighted by molar-refractivity contribution is 0.394. The summed E-state index contributed by atoms with van der Waals surface area (Å²) in [5.74, 6) is 0.879. The standard InChI is InChI=1S/C13H20N2S/c1-10-3-2-4-12(7-10)16-13-9-15-6-5-11(13)8-14/h5-6,9-10,12H,2-4,7-8,14H2,1H3. The second-order valence-electron chi connectivity index (χ2n) is 4.70. The Morgan fingerprint density at radius 2 is 2.38 bits per heavy atom. The van der Waals surface area contributed by atoms with Crippen LogP contribution in [-0.2, 0) is 6.54 Å². The summed E-state index contributed by atoms with van der Waals surface area (Å²) in [4.78, 5) is 5.48. The highest BCUT2D eigenvalue weighted by atomic mass is 32.2. The molecule has 0 radical (unpaired) electrons. The predicted octanol–water partition coefficient (Wildman–Crippen LogP) is 3.21. The molecule has 0 bridgehead atoms. The van der Waals surface area contributed by atoms with Crippen molar-refractivity contribution in [2.45, 2.75) is 49.3 Å². The Morgan fingerprint density at radius 3 is 3.12 bits per heavy atom. The summed E-state index contributed by atoms with van der Waals surface area (Å²) < 4.78 is 0. The van der Waals surface area contributed by atoms with Crippen LogP contribution in [0.2, 0.25) is 0 Å². The van der Waals surface area contributed by atoms with Gasteiger partial charge in [-0.15, -0.1) is 11.8 Å². The molecule has 1 heterocycles. The van der Waals surface area contributed by atoms with Gasteiger partial charge in [-0.3, -0.25) is 4.98 Å². The molecule has 2 nitrogen and oxygen atoms in total. The van der Waals surface area contributed by atoms with Gasteiger partial charge in [0.25, 0.3) is 0 Å². The molecule has 2 rings (SSSR count). The molecular formula is C13H20N2S. The highest BCUT2D eigenvalue weighted by Crippen LogP contribution is 2.36. The summed E-state index contributed by atoms with van der Waals surface area (Å²) >= 11 is 1.98. The number of nitrogens with zero attached hydrogens (tertiary/aromatic N) is 1. The molecule has 2 N–H and O–H groups in total. The van der Waals surface area contributed by atoms with Gasteiger partial charge in [0, 0.05) is 29.1 Å². The second-order valence-corrected chi connectivity index (χ2v) is 6.04. The maximum absolute atomic E-state index is 5.74. The molecule has 0 spiro atoms. The zero-order valence-electron chi connectivity index (χ0n) is 9.86. The van der Waals surface area contributed by atoms with Gasteiger partial charge in [0.05, 0.1) is 0 Å². The molecule has 1 saturated carbocycles. The van der Waals surface area contributed by atoms with Crippen molar-refractivity contribution in [2.24, 2.45) is 11.7 Å². The van der Waals surface area contributed by atoms with Crippen LogP contribution in [-0.4, -0.2) is 10.2 Å². The van der Waals surface area contributed by atoms with E-state index in [1.807, 2.05) is 30.2 Å². The molecule has 2 atom stereocenters. The summed E-state index contributed by atoms with van der Waals surface area (Å²) in [6.07, 6.45) is 9.24. The fourth-order valence-electron chi connectivity index (χ4n) is 2.35. The van der Waals surface area contributed by atoms with Crippen molar-refractivity contribution in [3.8, 4) is 0 Å². The first kappa shape index (κ1) is 11.9. The van der Waals surface area contributed by atoms with Crippen LogP contribution in [0.5, 0.6) is 0 Å². The quantitative estimate of drug-likeness (QED) is 0.876.